The fraction of sp³-hybridized carbons (Fsp3) is 0.400. The number of aryl methyl sites for hydroxylation is 2. The van der Waals surface area contributed by atoms with Gasteiger partial charge in [-0.3, -0.25) is 14.8 Å². The summed E-state index contributed by atoms with van der Waals surface area (Å²) in [5, 5.41) is 7.76. The van der Waals surface area contributed by atoms with Crippen LogP contribution in [0.4, 0.5) is 0 Å². The molecule has 0 aliphatic heterocycles. The highest BCUT2D eigenvalue weighted by atomic mass is 16.1. The van der Waals surface area contributed by atoms with Crippen LogP contribution < -0.4 is 5.49 Å². The van der Waals surface area contributed by atoms with E-state index in [4.69, 9.17) is 5.41 Å². The summed E-state index contributed by atoms with van der Waals surface area (Å²) in [6.45, 7) is 5.29. The first-order valence-corrected chi connectivity index (χ1v) is 4.35. The number of carbonyl (C=O) groups is 1. The maximum absolute atomic E-state index is 11.2. The SMILES string of the molecule is CCc1ccc(C)n(C(C)=O)c1=N. The number of rotatable bonds is 1. The van der Waals surface area contributed by atoms with Crippen LogP contribution in [0.5, 0.6) is 0 Å². The maximum atomic E-state index is 11.2. The van der Waals surface area contributed by atoms with Crippen molar-refractivity contribution in [3.63, 3.8) is 0 Å². The molecule has 0 aliphatic carbocycles. The molecule has 0 saturated carbocycles. The molecular formula is C10H14N2O. The lowest BCUT2D eigenvalue weighted by Gasteiger charge is -2.08. The Kier molecular flexibility index (Phi) is 2.66. The predicted molar refractivity (Wildman–Crippen MR) is 50.7 cm³/mol. The lowest BCUT2D eigenvalue weighted by Crippen LogP contribution is -2.29. The van der Waals surface area contributed by atoms with Crippen LogP contribution >= 0.6 is 0 Å². The fourth-order valence-corrected chi connectivity index (χ4v) is 1.39. The minimum atomic E-state index is -0.0993. The average molecular weight is 178 g/mol. The van der Waals surface area contributed by atoms with Crippen molar-refractivity contribution in [2.75, 3.05) is 0 Å². The molecule has 3 nitrogen and oxygen atoms in total. The lowest BCUT2D eigenvalue weighted by atomic mass is 10.2. The van der Waals surface area contributed by atoms with Crippen LogP contribution in [0, 0.1) is 12.3 Å². The Balaban J connectivity index is 3.48. The molecule has 70 valence electrons. The van der Waals surface area contributed by atoms with Gasteiger partial charge in [-0.25, -0.2) is 0 Å². The average Bonchev–Trinajstić information content (AvgIpc) is 2.04. The molecule has 0 spiro atoms. The van der Waals surface area contributed by atoms with Gasteiger partial charge in [-0.05, 0) is 25.0 Å². The number of carbonyl (C=O) groups excluding carboxylic acids is 1. The molecule has 0 saturated heterocycles. The van der Waals surface area contributed by atoms with Crippen LogP contribution in [0.3, 0.4) is 0 Å². The highest BCUT2D eigenvalue weighted by molar-refractivity contribution is 5.76. The molecule has 0 amide bonds. The van der Waals surface area contributed by atoms with Gasteiger partial charge in [0.1, 0.15) is 5.49 Å². The number of hydrogen-bond acceptors (Lipinski definition) is 2. The van der Waals surface area contributed by atoms with E-state index in [9.17, 15) is 4.79 Å². The van der Waals surface area contributed by atoms with Crippen LogP contribution in [0.25, 0.3) is 0 Å². The summed E-state index contributed by atoms with van der Waals surface area (Å²) in [5.41, 5.74) is 2.03. The van der Waals surface area contributed by atoms with Crippen molar-refractivity contribution in [3.8, 4) is 0 Å². The maximum Gasteiger partial charge on any atom is 0.229 e. The number of pyridine rings is 1. The first-order chi connectivity index (χ1) is 6.07. The van der Waals surface area contributed by atoms with Gasteiger partial charge in [0.25, 0.3) is 0 Å². The Hall–Kier alpha value is -1.38. The van der Waals surface area contributed by atoms with Gasteiger partial charge in [-0.1, -0.05) is 13.0 Å². The quantitative estimate of drug-likeness (QED) is 0.696. The Labute approximate surface area is 77.5 Å². The van der Waals surface area contributed by atoms with Gasteiger partial charge < -0.3 is 0 Å². The van der Waals surface area contributed by atoms with Crippen LogP contribution in [0.15, 0.2) is 12.1 Å². The molecular weight excluding hydrogens is 164 g/mol. The molecule has 1 rings (SSSR count). The smallest absolute Gasteiger partial charge is 0.229 e. The van der Waals surface area contributed by atoms with E-state index in [1.807, 2.05) is 26.0 Å². The van der Waals surface area contributed by atoms with E-state index < -0.39 is 0 Å². The van der Waals surface area contributed by atoms with E-state index in [1.54, 1.807) is 0 Å². The summed E-state index contributed by atoms with van der Waals surface area (Å²) in [6, 6.07) is 3.77. The standard InChI is InChI=1S/C10H14N2O/c1-4-9-6-5-7(2)12(8(3)13)10(9)11/h5-6,11H,4H2,1-3H3. The molecule has 0 fully saturated rings. The molecule has 1 heterocycles. The minimum Gasteiger partial charge on any atom is -0.284 e. The largest absolute Gasteiger partial charge is 0.284 e. The number of aromatic nitrogens is 1. The van der Waals surface area contributed by atoms with Crippen LogP contribution in [0.2, 0.25) is 0 Å². The number of hydrogen-bond donors (Lipinski definition) is 1. The monoisotopic (exact) mass is 178 g/mol. The Bertz CT molecular complexity index is 390. The van der Waals surface area contributed by atoms with Crippen molar-refractivity contribution in [2.24, 2.45) is 0 Å². The molecule has 13 heavy (non-hydrogen) atoms. The summed E-state index contributed by atoms with van der Waals surface area (Å²) in [7, 11) is 0. The zero-order valence-corrected chi connectivity index (χ0v) is 8.22. The second-order valence-corrected chi connectivity index (χ2v) is 3.06. The molecule has 0 radical (unpaired) electrons. The normalized spacial score (nSPS) is 10.1. The van der Waals surface area contributed by atoms with Gasteiger partial charge in [-0.15, -0.1) is 0 Å². The fourth-order valence-electron chi connectivity index (χ4n) is 1.39. The summed E-state index contributed by atoms with van der Waals surface area (Å²) >= 11 is 0. The van der Waals surface area contributed by atoms with Gasteiger partial charge >= 0.3 is 0 Å². The summed E-state index contributed by atoms with van der Waals surface area (Å²) in [6.07, 6.45) is 0.784. The van der Waals surface area contributed by atoms with E-state index in [2.05, 4.69) is 0 Å². The van der Waals surface area contributed by atoms with Gasteiger partial charge in [-0.2, -0.15) is 0 Å². The second kappa shape index (κ2) is 3.56. The Morgan fingerprint density at radius 2 is 2.15 bits per heavy atom. The molecule has 1 N–H and O–H groups in total. The van der Waals surface area contributed by atoms with Crippen LogP contribution in [-0.2, 0) is 6.42 Å². The summed E-state index contributed by atoms with van der Waals surface area (Å²) < 4.78 is 1.43. The highest BCUT2D eigenvalue weighted by Gasteiger charge is 2.04. The molecule has 0 atom stereocenters. The summed E-state index contributed by atoms with van der Waals surface area (Å²) in [5.74, 6) is -0.0993. The molecule has 1 aromatic rings. The third-order valence-electron chi connectivity index (χ3n) is 2.10. The van der Waals surface area contributed by atoms with E-state index >= 15 is 0 Å². The van der Waals surface area contributed by atoms with Gasteiger partial charge in [0.2, 0.25) is 5.91 Å². The molecule has 0 aliphatic rings. The Morgan fingerprint density at radius 1 is 1.54 bits per heavy atom. The van der Waals surface area contributed by atoms with E-state index in [0.29, 0.717) is 5.49 Å². The Morgan fingerprint density at radius 3 is 2.62 bits per heavy atom. The van der Waals surface area contributed by atoms with Crippen molar-refractivity contribution in [3.05, 3.63) is 28.9 Å². The van der Waals surface area contributed by atoms with Crippen molar-refractivity contribution in [1.82, 2.24) is 4.57 Å². The molecule has 0 aromatic carbocycles. The van der Waals surface area contributed by atoms with Crippen molar-refractivity contribution >= 4 is 5.91 Å². The topological polar surface area (TPSA) is 45.9 Å². The van der Waals surface area contributed by atoms with Crippen LogP contribution in [-0.4, -0.2) is 10.5 Å². The minimum absolute atomic E-state index is 0.0993. The van der Waals surface area contributed by atoms with Crippen molar-refractivity contribution < 1.29 is 4.79 Å². The predicted octanol–water partition coefficient (Wildman–Crippen LogP) is 1.50. The van der Waals surface area contributed by atoms with Gasteiger partial charge in [0, 0.05) is 12.6 Å². The second-order valence-electron chi connectivity index (χ2n) is 3.06. The molecule has 3 heteroatoms. The number of nitrogens with one attached hydrogen (secondary N) is 1. The summed E-state index contributed by atoms with van der Waals surface area (Å²) in [4.78, 5) is 11.2. The third-order valence-corrected chi connectivity index (χ3v) is 2.10. The molecule has 0 unspecified atom stereocenters. The third kappa shape index (κ3) is 1.69. The first-order valence-electron chi connectivity index (χ1n) is 4.35. The zero-order chi connectivity index (χ0) is 10.0. The zero-order valence-electron chi connectivity index (χ0n) is 8.22. The number of nitrogens with zero attached hydrogens (tertiary/aromatic N) is 1. The lowest BCUT2D eigenvalue weighted by molar-refractivity contribution is 0.0928. The van der Waals surface area contributed by atoms with Crippen LogP contribution in [0.1, 0.15) is 29.9 Å². The molecule has 0 bridgehead atoms. The van der Waals surface area contributed by atoms with E-state index in [1.165, 1.54) is 11.5 Å². The van der Waals surface area contributed by atoms with Crippen molar-refractivity contribution in [1.29, 1.82) is 5.41 Å². The first kappa shape index (κ1) is 9.71. The molecule has 1 aromatic heterocycles. The highest BCUT2D eigenvalue weighted by Crippen LogP contribution is 1.98. The van der Waals surface area contributed by atoms with Gasteiger partial charge in [0.15, 0.2) is 0 Å². The van der Waals surface area contributed by atoms with Gasteiger partial charge in [0.05, 0.1) is 0 Å². The van der Waals surface area contributed by atoms with E-state index in [-0.39, 0.29) is 5.91 Å². The van der Waals surface area contributed by atoms with E-state index in [0.717, 1.165) is 17.7 Å². The van der Waals surface area contributed by atoms with Crippen molar-refractivity contribution in [2.45, 2.75) is 27.2 Å².